The molecular weight excluding hydrogens is 428 g/mol. The molecule has 0 aliphatic carbocycles. The van der Waals surface area contributed by atoms with Crippen molar-refractivity contribution >= 4 is 21.6 Å². The van der Waals surface area contributed by atoms with Crippen LogP contribution >= 0.6 is 11.6 Å². The Morgan fingerprint density at radius 3 is 2.50 bits per heavy atom. The van der Waals surface area contributed by atoms with Gasteiger partial charge >= 0.3 is 0 Å². The fraction of sp³-hybridized carbons (Fsp3) is 0.429. The number of sulfonamides is 1. The third-order valence-electron chi connectivity index (χ3n) is 5.23. The lowest BCUT2D eigenvalue weighted by atomic mass is 10.2. The van der Waals surface area contributed by atoms with Gasteiger partial charge in [0.1, 0.15) is 0 Å². The summed E-state index contributed by atoms with van der Waals surface area (Å²) < 4.78 is 44.4. The minimum atomic E-state index is -3.67. The number of halogens is 1. The third kappa shape index (κ3) is 5.07. The minimum Gasteiger partial charge on any atom is -0.454 e. The molecule has 2 aliphatic rings. The first-order valence-corrected chi connectivity index (χ1v) is 11.8. The van der Waals surface area contributed by atoms with Crippen molar-refractivity contribution in [2.24, 2.45) is 0 Å². The topological polar surface area (TPSA) is 68.3 Å². The molecule has 0 unspecified atom stereocenters. The van der Waals surface area contributed by atoms with Crippen LogP contribution < -0.4 is 9.47 Å². The van der Waals surface area contributed by atoms with Gasteiger partial charge in [-0.2, -0.15) is 4.31 Å². The highest BCUT2D eigenvalue weighted by atomic mass is 35.5. The Hall–Kier alpha value is -1.84. The van der Waals surface area contributed by atoms with Crippen molar-refractivity contribution < 1.29 is 22.6 Å². The van der Waals surface area contributed by atoms with E-state index in [1.807, 2.05) is 18.2 Å². The Morgan fingerprint density at radius 2 is 1.73 bits per heavy atom. The average Bonchev–Trinajstić information content (AvgIpc) is 3.22. The average molecular weight is 453 g/mol. The van der Waals surface area contributed by atoms with Crippen molar-refractivity contribution in [3.05, 3.63) is 53.1 Å². The summed E-state index contributed by atoms with van der Waals surface area (Å²) in [6.07, 6.45) is 0.734. The van der Waals surface area contributed by atoms with Gasteiger partial charge in [0.25, 0.3) is 0 Å². The molecule has 2 aromatic rings. The molecule has 1 fully saturated rings. The van der Waals surface area contributed by atoms with Crippen LogP contribution in [0.5, 0.6) is 11.5 Å². The molecule has 0 atom stereocenters. The molecule has 2 heterocycles. The lowest BCUT2D eigenvalue weighted by molar-refractivity contribution is 0.0368. The van der Waals surface area contributed by atoms with Crippen molar-refractivity contribution in [2.45, 2.75) is 17.9 Å². The van der Waals surface area contributed by atoms with Gasteiger partial charge in [0.2, 0.25) is 16.8 Å². The number of rotatable bonds is 8. The summed E-state index contributed by atoms with van der Waals surface area (Å²) in [6, 6.07) is 11.8. The van der Waals surface area contributed by atoms with E-state index in [0.29, 0.717) is 23.1 Å². The zero-order valence-corrected chi connectivity index (χ0v) is 18.2. The summed E-state index contributed by atoms with van der Waals surface area (Å²) in [4.78, 5) is 2.54. The van der Waals surface area contributed by atoms with Crippen molar-refractivity contribution in [2.75, 3.05) is 46.2 Å². The van der Waals surface area contributed by atoms with Crippen LogP contribution in [0, 0.1) is 0 Å². The van der Waals surface area contributed by atoms with Crippen LogP contribution in [0.2, 0.25) is 5.02 Å². The van der Waals surface area contributed by atoms with E-state index in [0.717, 1.165) is 44.8 Å². The van der Waals surface area contributed by atoms with Crippen LogP contribution in [0.15, 0.2) is 47.4 Å². The van der Waals surface area contributed by atoms with E-state index in [2.05, 4.69) is 4.90 Å². The molecular formula is C21H25ClN2O5S. The SMILES string of the molecule is O=S(=O)(c1ccc(Cl)cc1)N(CCCN1CCOCC1)Cc1ccc2c(c1)OCO2. The standard InChI is InChI=1S/C21H25ClN2O5S/c22-18-3-5-19(6-4-18)30(25,26)24(9-1-8-23-10-12-27-13-11-23)15-17-2-7-20-21(14-17)29-16-28-20/h2-7,14H,1,8-13,15-16H2. The van der Waals surface area contributed by atoms with E-state index < -0.39 is 10.0 Å². The maximum atomic E-state index is 13.4. The largest absolute Gasteiger partial charge is 0.454 e. The van der Waals surface area contributed by atoms with Crippen LogP contribution in [-0.2, 0) is 21.3 Å². The third-order valence-corrected chi connectivity index (χ3v) is 7.34. The predicted octanol–water partition coefficient (Wildman–Crippen LogP) is 2.98. The minimum absolute atomic E-state index is 0.186. The van der Waals surface area contributed by atoms with Gasteiger partial charge in [-0.15, -0.1) is 0 Å². The highest BCUT2D eigenvalue weighted by Crippen LogP contribution is 2.33. The number of morpholine rings is 1. The maximum Gasteiger partial charge on any atom is 0.243 e. The normalized spacial score (nSPS) is 16.9. The van der Waals surface area contributed by atoms with Crippen molar-refractivity contribution in [1.29, 1.82) is 0 Å². The summed E-state index contributed by atoms with van der Waals surface area (Å²) in [7, 11) is -3.67. The fourth-order valence-electron chi connectivity index (χ4n) is 3.58. The monoisotopic (exact) mass is 452 g/mol. The lowest BCUT2D eigenvalue weighted by Crippen LogP contribution is -2.39. The number of fused-ring (bicyclic) bond motifs is 1. The number of nitrogens with zero attached hydrogens (tertiary/aromatic N) is 2. The number of ether oxygens (including phenoxy) is 3. The predicted molar refractivity (Wildman–Crippen MR) is 113 cm³/mol. The quantitative estimate of drug-likeness (QED) is 0.613. The molecule has 0 saturated carbocycles. The summed E-state index contributed by atoms with van der Waals surface area (Å²) in [6.45, 7) is 4.90. The van der Waals surface area contributed by atoms with Gasteiger partial charge in [-0.05, 0) is 54.9 Å². The lowest BCUT2D eigenvalue weighted by Gasteiger charge is -2.28. The van der Waals surface area contributed by atoms with Gasteiger partial charge in [0.15, 0.2) is 11.5 Å². The molecule has 0 spiro atoms. The molecule has 0 bridgehead atoms. The Morgan fingerprint density at radius 1 is 1.00 bits per heavy atom. The molecule has 0 aromatic heterocycles. The molecule has 7 nitrogen and oxygen atoms in total. The molecule has 0 N–H and O–H groups in total. The second-order valence-electron chi connectivity index (χ2n) is 7.29. The number of hydrogen-bond donors (Lipinski definition) is 0. The van der Waals surface area contributed by atoms with Gasteiger partial charge in [0.05, 0.1) is 18.1 Å². The van der Waals surface area contributed by atoms with Gasteiger partial charge in [-0.25, -0.2) is 8.42 Å². The van der Waals surface area contributed by atoms with E-state index in [-0.39, 0.29) is 18.2 Å². The molecule has 0 amide bonds. The first kappa shape index (κ1) is 21.4. The summed E-state index contributed by atoms with van der Waals surface area (Å²) in [5.41, 5.74) is 0.850. The van der Waals surface area contributed by atoms with E-state index in [9.17, 15) is 8.42 Å². The highest BCUT2D eigenvalue weighted by Gasteiger charge is 2.26. The first-order chi connectivity index (χ1) is 14.5. The second-order valence-corrected chi connectivity index (χ2v) is 9.66. The zero-order valence-electron chi connectivity index (χ0n) is 16.6. The highest BCUT2D eigenvalue weighted by molar-refractivity contribution is 7.89. The van der Waals surface area contributed by atoms with Crippen LogP contribution in [0.1, 0.15) is 12.0 Å². The smallest absolute Gasteiger partial charge is 0.243 e. The summed E-state index contributed by atoms with van der Waals surface area (Å²) >= 11 is 5.94. The maximum absolute atomic E-state index is 13.4. The second kappa shape index (κ2) is 9.53. The van der Waals surface area contributed by atoms with Gasteiger partial charge in [0, 0.05) is 31.2 Å². The molecule has 30 heavy (non-hydrogen) atoms. The van der Waals surface area contributed by atoms with Crippen LogP contribution in [0.3, 0.4) is 0 Å². The van der Waals surface area contributed by atoms with Crippen LogP contribution in [0.25, 0.3) is 0 Å². The zero-order chi connectivity index (χ0) is 21.0. The first-order valence-electron chi connectivity index (χ1n) is 9.97. The molecule has 9 heteroatoms. The Labute approximate surface area is 182 Å². The van der Waals surface area contributed by atoms with Gasteiger partial charge in [-0.3, -0.25) is 4.90 Å². The van der Waals surface area contributed by atoms with Crippen molar-refractivity contribution in [1.82, 2.24) is 9.21 Å². The van der Waals surface area contributed by atoms with Crippen molar-refractivity contribution in [3.8, 4) is 11.5 Å². The molecule has 0 radical (unpaired) electrons. The molecule has 1 saturated heterocycles. The fourth-order valence-corrected chi connectivity index (χ4v) is 5.17. The van der Waals surface area contributed by atoms with Gasteiger partial charge < -0.3 is 14.2 Å². The Bertz CT molecular complexity index is 962. The number of hydrogen-bond acceptors (Lipinski definition) is 6. The molecule has 4 rings (SSSR count). The van der Waals surface area contributed by atoms with Crippen molar-refractivity contribution in [3.63, 3.8) is 0 Å². The number of benzene rings is 2. The Balaban J connectivity index is 1.51. The van der Waals surface area contributed by atoms with E-state index >= 15 is 0 Å². The van der Waals surface area contributed by atoms with Gasteiger partial charge in [-0.1, -0.05) is 17.7 Å². The van der Waals surface area contributed by atoms with Crippen LogP contribution in [-0.4, -0.2) is 63.8 Å². The van der Waals surface area contributed by atoms with E-state index in [1.165, 1.54) is 4.31 Å². The van der Waals surface area contributed by atoms with Crippen LogP contribution in [0.4, 0.5) is 0 Å². The van der Waals surface area contributed by atoms with E-state index in [4.69, 9.17) is 25.8 Å². The summed E-state index contributed by atoms with van der Waals surface area (Å²) in [5.74, 6) is 1.32. The van der Waals surface area contributed by atoms with E-state index in [1.54, 1.807) is 24.3 Å². The molecule has 2 aromatic carbocycles. The summed E-state index contributed by atoms with van der Waals surface area (Å²) in [5, 5.41) is 0.503. The Kier molecular flexibility index (Phi) is 6.80. The molecule has 162 valence electrons. The molecule has 2 aliphatic heterocycles.